The third-order valence-electron chi connectivity index (χ3n) is 5.32. The highest BCUT2D eigenvalue weighted by Crippen LogP contribution is 2.24. The average molecular weight is 508 g/mol. The first-order valence-electron chi connectivity index (χ1n) is 9.90. The van der Waals surface area contributed by atoms with Gasteiger partial charge in [0.1, 0.15) is 11.4 Å². The highest BCUT2D eigenvalue weighted by Gasteiger charge is 2.25. The number of aryl methyl sites for hydroxylation is 1. The number of pyridine rings is 1. The second kappa shape index (κ2) is 10.1. The summed E-state index contributed by atoms with van der Waals surface area (Å²) in [6.07, 6.45) is 6.31. The lowest BCUT2D eigenvalue weighted by molar-refractivity contribution is 0.215. The number of hydrogen-bond acceptors (Lipinski definition) is 4. The van der Waals surface area contributed by atoms with E-state index in [0.29, 0.717) is 6.54 Å². The third kappa shape index (κ3) is 5.11. The number of imidazole rings is 1. The van der Waals surface area contributed by atoms with Crippen molar-refractivity contribution in [3.05, 3.63) is 59.9 Å². The minimum absolute atomic E-state index is 0. The van der Waals surface area contributed by atoms with Crippen LogP contribution in [0.2, 0.25) is 0 Å². The zero-order chi connectivity index (χ0) is 19.3. The molecule has 1 fully saturated rings. The van der Waals surface area contributed by atoms with Crippen LogP contribution in [0.25, 0.3) is 5.65 Å². The van der Waals surface area contributed by atoms with E-state index in [4.69, 9.17) is 4.42 Å². The molecule has 1 aliphatic rings. The number of nitrogens with one attached hydrogen (secondary N) is 2. The SMILES string of the molecule is CN=C(NCc1cn2c(C)cccc2n1)NCC(c1ccco1)N1CCCC1.I. The predicted molar refractivity (Wildman–Crippen MR) is 126 cm³/mol. The predicted octanol–water partition coefficient (Wildman–Crippen LogP) is 3.36. The molecule has 0 saturated carbocycles. The van der Waals surface area contributed by atoms with E-state index in [-0.39, 0.29) is 30.0 Å². The number of hydrogen-bond donors (Lipinski definition) is 2. The van der Waals surface area contributed by atoms with Crippen molar-refractivity contribution in [2.24, 2.45) is 4.99 Å². The Bertz CT molecular complexity index is 930. The second-order valence-electron chi connectivity index (χ2n) is 7.21. The van der Waals surface area contributed by atoms with Crippen molar-refractivity contribution in [3.63, 3.8) is 0 Å². The summed E-state index contributed by atoms with van der Waals surface area (Å²) in [5.74, 6) is 1.77. The Hall–Kier alpha value is -2.07. The lowest BCUT2D eigenvalue weighted by atomic mass is 10.2. The van der Waals surface area contributed by atoms with E-state index in [9.17, 15) is 0 Å². The van der Waals surface area contributed by atoms with Gasteiger partial charge in [-0.25, -0.2) is 4.98 Å². The van der Waals surface area contributed by atoms with Gasteiger partial charge in [0.15, 0.2) is 5.96 Å². The lowest BCUT2D eigenvalue weighted by Gasteiger charge is -2.26. The van der Waals surface area contributed by atoms with Crippen LogP contribution in [0.3, 0.4) is 0 Å². The van der Waals surface area contributed by atoms with E-state index >= 15 is 0 Å². The van der Waals surface area contributed by atoms with Crippen LogP contribution in [0, 0.1) is 6.92 Å². The molecule has 29 heavy (non-hydrogen) atoms. The summed E-state index contributed by atoms with van der Waals surface area (Å²) in [6.45, 7) is 5.67. The second-order valence-corrected chi connectivity index (χ2v) is 7.21. The zero-order valence-corrected chi connectivity index (χ0v) is 19.3. The summed E-state index contributed by atoms with van der Waals surface area (Å²) in [5, 5.41) is 6.82. The Labute approximate surface area is 188 Å². The molecule has 156 valence electrons. The highest BCUT2D eigenvalue weighted by atomic mass is 127. The van der Waals surface area contributed by atoms with Crippen LogP contribution in [-0.4, -0.2) is 46.9 Å². The van der Waals surface area contributed by atoms with Crippen LogP contribution in [0.4, 0.5) is 0 Å². The zero-order valence-electron chi connectivity index (χ0n) is 17.0. The Morgan fingerprint density at radius 1 is 1.21 bits per heavy atom. The fraction of sp³-hybridized carbons (Fsp3) is 0.429. The monoisotopic (exact) mass is 508 g/mol. The minimum atomic E-state index is 0. The molecule has 1 saturated heterocycles. The van der Waals surface area contributed by atoms with Gasteiger partial charge in [0.05, 0.1) is 24.5 Å². The summed E-state index contributed by atoms with van der Waals surface area (Å²) in [4.78, 5) is 11.5. The number of fused-ring (bicyclic) bond motifs is 1. The third-order valence-corrected chi connectivity index (χ3v) is 5.32. The average Bonchev–Trinajstić information content (AvgIpc) is 3.46. The fourth-order valence-corrected chi connectivity index (χ4v) is 3.82. The topological polar surface area (TPSA) is 70.1 Å². The Morgan fingerprint density at radius 2 is 2.03 bits per heavy atom. The normalized spacial score (nSPS) is 16.0. The van der Waals surface area contributed by atoms with Gasteiger partial charge in [0.2, 0.25) is 0 Å². The summed E-state index contributed by atoms with van der Waals surface area (Å²) in [7, 11) is 1.79. The van der Waals surface area contributed by atoms with Gasteiger partial charge in [-0.15, -0.1) is 24.0 Å². The van der Waals surface area contributed by atoms with Crippen LogP contribution in [0.1, 0.15) is 36.0 Å². The van der Waals surface area contributed by atoms with Crippen molar-refractivity contribution in [1.82, 2.24) is 24.9 Å². The van der Waals surface area contributed by atoms with E-state index in [1.807, 2.05) is 18.2 Å². The van der Waals surface area contributed by atoms with E-state index in [2.05, 4.69) is 55.2 Å². The summed E-state index contributed by atoms with van der Waals surface area (Å²) >= 11 is 0. The lowest BCUT2D eigenvalue weighted by Crippen LogP contribution is -2.42. The molecule has 1 unspecified atom stereocenters. The molecule has 4 heterocycles. The van der Waals surface area contributed by atoms with Crippen LogP contribution < -0.4 is 10.6 Å². The molecule has 1 aliphatic heterocycles. The van der Waals surface area contributed by atoms with Crippen molar-refractivity contribution < 1.29 is 4.42 Å². The van der Waals surface area contributed by atoms with Crippen LogP contribution in [0.5, 0.6) is 0 Å². The molecule has 4 rings (SSSR count). The summed E-state index contributed by atoms with van der Waals surface area (Å²) < 4.78 is 7.80. The first kappa shape index (κ1) is 21.6. The molecular formula is C21H29IN6O. The number of halogens is 1. The number of likely N-dealkylation sites (tertiary alicyclic amines) is 1. The molecule has 1 atom stereocenters. The van der Waals surface area contributed by atoms with Gasteiger partial charge in [0.25, 0.3) is 0 Å². The number of nitrogens with zero attached hydrogens (tertiary/aromatic N) is 4. The number of guanidine groups is 1. The first-order chi connectivity index (χ1) is 13.7. The van der Waals surface area contributed by atoms with Crippen molar-refractivity contribution in [3.8, 4) is 0 Å². The molecular weight excluding hydrogens is 479 g/mol. The molecule has 0 aliphatic carbocycles. The van der Waals surface area contributed by atoms with Crippen molar-refractivity contribution in [2.75, 3.05) is 26.7 Å². The number of aliphatic imine (C=N–C) groups is 1. The summed E-state index contributed by atoms with van der Waals surface area (Å²) in [6, 6.07) is 10.4. The van der Waals surface area contributed by atoms with Gasteiger partial charge in [-0.05, 0) is 57.1 Å². The number of furan rings is 1. The molecule has 0 aromatic carbocycles. The molecule has 0 amide bonds. The standard InChI is InChI=1S/C21H28N6O.HI/c1-16-7-5-9-20-25-17(15-27(16)20)13-23-21(22-2)24-14-18(19-8-6-12-28-19)26-10-3-4-11-26;/h5-9,12,15,18H,3-4,10-11,13-14H2,1-2H3,(H2,22,23,24);1H. The van der Waals surface area contributed by atoms with Gasteiger partial charge in [-0.1, -0.05) is 6.07 Å². The maximum atomic E-state index is 5.69. The van der Waals surface area contributed by atoms with Gasteiger partial charge < -0.3 is 19.5 Å². The highest BCUT2D eigenvalue weighted by molar-refractivity contribution is 14.0. The molecule has 3 aromatic rings. The van der Waals surface area contributed by atoms with Crippen molar-refractivity contribution in [2.45, 2.75) is 32.4 Å². The maximum absolute atomic E-state index is 5.69. The van der Waals surface area contributed by atoms with E-state index < -0.39 is 0 Å². The molecule has 2 N–H and O–H groups in total. The summed E-state index contributed by atoms with van der Waals surface area (Å²) in [5.41, 5.74) is 3.12. The first-order valence-corrected chi connectivity index (χ1v) is 9.90. The van der Waals surface area contributed by atoms with Crippen LogP contribution in [-0.2, 0) is 6.54 Å². The Kier molecular flexibility index (Phi) is 7.54. The van der Waals surface area contributed by atoms with Gasteiger partial charge in [-0.3, -0.25) is 9.89 Å². The van der Waals surface area contributed by atoms with Crippen molar-refractivity contribution >= 4 is 35.6 Å². The van der Waals surface area contributed by atoms with E-state index in [0.717, 1.165) is 42.7 Å². The quantitative estimate of drug-likeness (QED) is 0.304. The molecule has 0 radical (unpaired) electrons. The van der Waals surface area contributed by atoms with E-state index in [1.54, 1.807) is 13.3 Å². The minimum Gasteiger partial charge on any atom is -0.468 e. The van der Waals surface area contributed by atoms with E-state index in [1.165, 1.54) is 18.5 Å². The Balaban J connectivity index is 0.00000240. The molecule has 8 heteroatoms. The van der Waals surface area contributed by atoms with Crippen molar-refractivity contribution in [1.29, 1.82) is 0 Å². The molecule has 0 bridgehead atoms. The number of aromatic nitrogens is 2. The Morgan fingerprint density at radius 3 is 2.72 bits per heavy atom. The van der Waals surface area contributed by atoms with Gasteiger partial charge in [-0.2, -0.15) is 0 Å². The molecule has 0 spiro atoms. The smallest absolute Gasteiger partial charge is 0.191 e. The van der Waals surface area contributed by atoms with Gasteiger partial charge in [0, 0.05) is 25.5 Å². The maximum Gasteiger partial charge on any atom is 0.191 e. The molecule has 7 nitrogen and oxygen atoms in total. The fourth-order valence-electron chi connectivity index (χ4n) is 3.82. The van der Waals surface area contributed by atoms with Crippen LogP contribution >= 0.6 is 24.0 Å². The molecule has 3 aromatic heterocycles. The largest absolute Gasteiger partial charge is 0.468 e. The van der Waals surface area contributed by atoms with Gasteiger partial charge >= 0.3 is 0 Å². The van der Waals surface area contributed by atoms with Crippen LogP contribution in [0.15, 0.2) is 52.2 Å². The number of rotatable bonds is 6.